The first-order chi connectivity index (χ1) is 12.6. The molecule has 0 radical (unpaired) electrons. The van der Waals surface area contributed by atoms with Crippen molar-refractivity contribution in [3.63, 3.8) is 0 Å². The lowest BCUT2D eigenvalue weighted by atomic mass is 10.2. The van der Waals surface area contributed by atoms with Crippen LogP contribution in [0.1, 0.15) is 30.6 Å². The van der Waals surface area contributed by atoms with Crippen molar-refractivity contribution in [1.29, 1.82) is 0 Å². The number of hydrogen-bond donors (Lipinski definition) is 1. The average Bonchev–Trinajstić information content (AvgIpc) is 2.56. The standard InChI is InChI=1S/C17H25N3O6S/c1-12-10-19(11-13(2)26-12)6-4-5-18-17(21)14-7-15(20(22)23)9-16(8-14)27(3,24)25/h7-9,12-13H,4-6,10-11H2,1-3H3,(H,18,21). The van der Waals surface area contributed by atoms with Crippen LogP contribution in [0, 0.1) is 10.1 Å². The number of sulfone groups is 1. The largest absolute Gasteiger partial charge is 0.373 e. The summed E-state index contributed by atoms with van der Waals surface area (Å²) in [6.45, 7) is 6.89. The van der Waals surface area contributed by atoms with Gasteiger partial charge in [0.1, 0.15) is 0 Å². The van der Waals surface area contributed by atoms with Crippen LogP contribution in [-0.4, -0.2) is 68.8 Å². The highest BCUT2D eigenvalue weighted by molar-refractivity contribution is 7.90. The number of nitro benzene ring substituents is 1. The fraction of sp³-hybridized carbons (Fsp3) is 0.588. The Morgan fingerprint density at radius 3 is 2.48 bits per heavy atom. The Hall–Kier alpha value is -2.04. The van der Waals surface area contributed by atoms with Crippen LogP contribution in [0.5, 0.6) is 0 Å². The predicted molar refractivity (Wildman–Crippen MR) is 99.6 cm³/mol. The molecule has 1 aromatic rings. The van der Waals surface area contributed by atoms with Gasteiger partial charge in [0.15, 0.2) is 9.84 Å². The van der Waals surface area contributed by atoms with Crippen LogP contribution < -0.4 is 5.32 Å². The van der Waals surface area contributed by atoms with E-state index >= 15 is 0 Å². The van der Waals surface area contributed by atoms with Crippen molar-refractivity contribution in [2.24, 2.45) is 0 Å². The van der Waals surface area contributed by atoms with E-state index in [4.69, 9.17) is 4.74 Å². The van der Waals surface area contributed by atoms with Gasteiger partial charge in [-0.3, -0.25) is 19.8 Å². The number of nitrogens with zero attached hydrogens (tertiary/aromatic N) is 2. The lowest BCUT2D eigenvalue weighted by Gasteiger charge is -2.35. The smallest absolute Gasteiger partial charge is 0.271 e. The second kappa shape index (κ2) is 8.77. The molecule has 2 rings (SSSR count). The van der Waals surface area contributed by atoms with Crippen molar-refractivity contribution >= 4 is 21.4 Å². The van der Waals surface area contributed by atoms with Gasteiger partial charge >= 0.3 is 0 Å². The normalized spacial score (nSPS) is 21.0. The molecule has 27 heavy (non-hydrogen) atoms. The second-order valence-corrected chi connectivity index (χ2v) is 8.89. The summed E-state index contributed by atoms with van der Waals surface area (Å²) in [7, 11) is -3.67. The highest BCUT2D eigenvalue weighted by atomic mass is 32.2. The van der Waals surface area contributed by atoms with E-state index in [0.717, 1.165) is 44.1 Å². The summed E-state index contributed by atoms with van der Waals surface area (Å²) in [5.74, 6) is -0.535. The monoisotopic (exact) mass is 399 g/mol. The number of amides is 1. The van der Waals surface area contributed by atoms with Crippen LogP contribution in [0.4, 0.5) is 5.69 Å². The fourth-order valence-electron chi connectivity index (χ4n) is 3.11. The van der Waals surface area contributed by atoms with Gasteiger partial charge in [-0.05, 0) is 26.3 Å². The maximum Gasteiger partial charge on any atom is 0.271 e. The Morgan fingerprint density at radius 2 is 1.93 bits per heavy atom. The summed E-state index contributed by atoms with van der Waals surface area (Å²) in [6, 6.07) is 3.19. The van der Waals surface area contributed by atoms with Crippen molar-refractivity contribution in [1.82, 2.24) is 10.2 Å². The Kier molecular flexibility index (Phi) is 6.90. The van der Waals surface area contributed by atoms with Gasteiger partial charge in [0.05, 0.1) is 22.0 Å². The maximum atomic E-state index is 12.3. The van der Waals surface area contributed by atoms with E-state index in [1.165, 1.54) is 0 Å². The van der Waals surface area contributed by atoms with Gasteiger partial charge in [-0.15, -0.1) is 0 Å². The number of nitrogens with one attached hydrogen (secondary N) is 1. The van der Waals surface area contributed by atoms with Crippen LogP contribution in [0.3, 0.4) is 0 Å². The van der Waals surface area contributed by atoms with Crippen LogP contribution in [0.15, 0.2) is 23.1 Å². The van der Waals surface area contributed by atoms with Gasteiger partial charge in [-0.1, -0.05) is 0 Å². The molecule has 1 amide bonds. The number of rotatable bonds is 7. The molecule has 0 aromatic heterocycles. The molecule has 1 N–H and O–H groups in total. The van der Waals surface area contributed by atoms with Gasteiger partial charge in [0, 0.05) is 50.1 Å². The van der Waals surface area contributed by atoms with Crippen molar-refractivity contribution in [3.05, 3.63) is 33.9 Å². The zero-order chi connectivity index (χ0) is 20.2. The Labute approximate surface area is 158 Å². The van der Waals surface area contributed by atoms with Crippen LogP contribution in [0.2, 0.25) is 0 Å². The molecule has 9 nitrogen and oxygen atoms in total. The predicted octanol–water partition coefficient (Wildman–Crippen LogP) is 1.23. The number of benzene rings is 1. The third-order valence-electron chi connectivity index (χ3n) is 4.22. The summed E-state index contributed by atoms with van der Waals surface area (Å²) < 4.78 is 29.1. The van der Waals surface area contributed by atoms with Gasteiger partial charge in [-0.25, -0.2) is 8.42 Å². The molecule has 1 heterocycles. The molecule has 0 saturated carbocycles. The Morgan fingerprint density at radius 1 is 1.30 bits per heavy atom. The van der Waals surface area contributed by atoms with Gasteiger partial charge < -0.3 is 10.1 Å². The van der Waals surface area contributed by atoms with Crippen LogP contribution in [-0.2, 0) is 14.6 Å². The molecule has 0 aliphatic carbocycles. The van der Waals surface area contributed by atoms with E-state index in [9.17, 15) is 23.3 Å². The first-order valence-electron chi connectivity index (χ1n) is 8.72. The Balaban J connectivity index is 1.95. The van der Waals surface area contributed by atoms with E-state index in [2.05, 4.69) is 10.2 Å². The van der Waals surface area contributed by atoms with Crippen molar-refractivity contribution in [2.45, 2.75) is 37.4 Å². The first-order valence-corrected chi connectivity index (χ1v) is 10.6. The lowest BCUT2D eigenvalue weighted by Crippen LogP contribution is -2.46. The summed E-state index contributed by atoms with van der Waals surface area (Å²) in [6.07, 6.45) is 1.99. The SMILES string of the molecule is CC1CN(CCCNC(=O)c2cc([N+](=O)[O-])cc(S(C)(=O)=O)c2)CC(C)O1. The van der Waals surface area contributed by atoms with Crippen molar-refractivity contribution < 1.29 is 22.9 Å². The number of ether oxygens (including phenoxy) is 1. The van der Waals surface area contributed by atoms with E-state index in [1.54, 1.807) is 0 Å². The summed E-state index contributed by atoms with van der Waals surface area (Å²) in [5, 5.41) is 13.7. The van der Waals surface area contributed by atoms with E-state index in [-0.39, 0.29) is 22.7 Å². The molecule has 0 spiro atoms. The third kappa shape index (κ3) is 6.26. The molecule has 1 aliphatic rings. The molecule has 150 valence electrons. The molecular formula is C17H25N3O6S. The minimum absolute atomic E-state index is 0.0433. The highest BCUT2D eigenvalue weighted by Gasteiger charge is 2.22. The summed E-state index contributed by atoms with van der Waals surface area (Å²) in [4.78, 5) is 24.6. The number of hydrogen-bond acceptors (Lipinski definition) is 7. The van der Waals surface area contributed by atoms with Crippen LogP contribution >= 0.6 is 0 Å². The van der Waals surface area contributed by atoms with Crippen LogP contribution in [0.25, 0.3) is 0 Å². The van der Waals surface area contributed by atoms with E-state index in [0.29, 0.717) is 13.0 Å². The molecular weight excluding hydrogens is 374 g/mol. The topological polar surface area (TPSA) is 119 Å². The number of morpholine rings is 1. The fourth-order valence-corrected chi connectivity index (χ4v) is 3.78. The second-order valence-electron chi connectivity index (χ2n) is 6.87. The molecule has 1 aliphatic heterocycles. The molecule has 0 bridgehead atoms. The first kappa shape index (κ1) is 21.3. The number of carbonyl (C=O) groups excluding carboxylic acids is 1. The zero-order valence-corrected chi connectivity index (χ0v) is 16.5. The molecule has 2 atom stereocenters. The lowest BCUT2D eigenvalue weighted by molar-refractivity contribution is -0.385. The third-order valence-corrected chi connectivity index (χ3v) is 5.32. The minimum atomic E-state index is -3.67. The average molecular weight is 399 g/mol. The molecule has 1 fully saturated rings. The summed E-state index contributed by atoms with van der Waals surface area (Å²) in [5.41, 5.74) is -0.474. The Bertz CT molecular complexity index is 801. The van der Waals surface area contributed by atoms with Gasteiger partial charge in [0.2, 0.25) is 0 Å². The molecule has 1 saturated heterocycles. The van der Waals surface area contributed by atoms with Gasteiger partial charge in [-0.2, -0.15) is 0 Å². The van der Waals surface area contributed by atoms with Gasteiger partial charge in [0.25, 0.3) is 11.6 Å². The number of non-ortho nitro benzene ring substituents is 1. The minimum Gasteiger partial charge on any atom is -0.373 e. The number of carbonyl (C=O) groups is 1. The molecule has 1 aromatic carbocycles. The molecule has 10 heteroatoms. The van der Waals surface area contributed by atoms with E-state index < -0.39 is 26.4 Å². The molecule has 2 unspecified atom stereocenters. The summed E-state index contributed by atoms with van der Waals surface area (Å²) >= 11 is 0. The van der Waals surface area contributed by atoms with Crippen molar-refractivity contribution in [3.8, 4) is 0 Å². The van der Waals surface area contributed by atoms with Crippen molar-refractivity contribution in [2.75, 3.05) is 32.4 Å². The zero-order valence-electron chi connectivity index (χ0n) is 15.7. The highest BCUT2D eigenvalue weighted by Crippen LogP contribution is 2.21. The number of nitro groups is 1. The van der Waals surface area contributed by atoms with E-state index in [1.807, 2.05) is 13.8 Å². The maximum absolute atomic E-state index is 12.3. The quantitative estimate of drug-likeness (QED) is 0.416.